The molecule has 9 heavy (non-hydrogen) atoms. The summed E-state index contributed by atoms with van der Waals surface area (Å²) in [5, 5.41) is 0.222. The molecule has 0 spiro atoms. The minimum absolute atomic E-state index is 0.222. The Morgan fingerprint density at radius 3 is 3.00 bits per heavy atom. The molecule has 1 rings (SSSR count). The number of hydrogen-bond acceptors (Lipinski definition) is 2. The quantitative estimate of drug-likeness (QED) is 0.435. The van der Waals surface area contributed by atoms with Gasteiger partial charge in [-0.15, -0.1) is 0 Å². The monoisotopic (exact) mass is 140 g/mol. The molecule has 0 aromatic carbocycles. The minimum atomic E-state index is 0.222. The van der Waals surface area contributed by atoms with E-state index in [1.165, 1.54) is 6.20 Å². The van der Waals surface area contributed by atoms with Gasteiger partial charge in [-0.3, -0.25) is 4.79 Å². The van der Waals surface area contributed by atoms with Gasteiger partial charge in [-0.05, 0) is 6.07 Å². The van der Waals surface area contributed by atoms with Crippen LogP contribution >= 0.6 is 11.6 Å². The van der Waals surface area contributed by atoms with Gasteiger partial charge < -0.3 is 0 Å². The Labute approximate surface area is 57.5 Å². The lowest BCUT2D eigenvalue weighted by atomic mass is 10.3. The van der Waals surface area contributed by atoms with E-state index < -0.39 is 0 Å². The highest BCUT2D eigenvalue weighted by atomic mass is 35.5. The molecule has 45 valence electrons. The second kappa shape index (κ2) is 2.60. The molecule has 1 aromatic heterocycles. The zero-order valence-electron chi connectivity index (χ0n) is 4.47. The molecular weight excluding hydrogens is 138 g/mol. The predicted molar refractivity (Wildman–Crippen MR) is 33.5 cm³/mol. The summed E-state index contributed by atoms with van der Waals surface area (Å²) in [6.07, 6.45) is 2.14. The molecule has 0 aliphatic rings. The van der Waals surface area contributed by atoms with Gasteiger partial charge in [0.25, 0.3) is 0 Å². The fourth-order valence-corrected chi connectivity index (χ4v) is 0.610. The molecule has 1 radical (unpaired) electrons. The van der Waals surface area contributed by atoms with Gasteiger partial charge in [0, 0.05) is 17.8 Å². The lowest BCUT2D eigenvalue weighted by Gasteiger charge is -1.86. The fourth-order valence-electron chi connectivity index (χ4n) is 0.445. The first-order valence-corrected chi connectivity index (χ1v) is 2.70. The van der Waals surface area contributed by atoms with Crippen LogP contribution in [0.4, 0.5) is 0 Å². The first-order chi connectivity index (χ1) is 4.33. The van der Waals surface area contributed by atoms with Crippen molar-refractivity contribution in [2.45, 2.75) is 0 Å². The number of aromatic nitrogens is 1. The van der Waals surface area contributed by atoms with Gasteiger partial charge in [-0.1, -0.05) is 11.6 Å². The van der Waals surface area contributed by atoms with Crippen LogP contribution in [-0.4, -0.2) is 11.3 Å². The Kier molecular flexibility index (Phi) is 1.80. The predicted octanol–water partition coefficient (Wildman–Crippen LogP) is 1.35. The van der Waals surface area contributed by atoms with Crippen LogP contribution in [0.2, 0.25) is 5.15 Å². The maximum Gasteiger partial charge on any atom is 0.150 e. The van der Waals surface area contributed by atoms with E-state index >= 15 is 0 Å². The Morgan fingerprint density at radius 2 is 2.56 bits per heavy atom. The maximum absolute atomic E-state index is 10.0. The second-order valence-electron chi connectivity index (χ2n) is 1.43. The SMILES string of the molecule is O=Cc1[c]c(Cl)ncc1. The summed E-state index contributed by atoms with van der Waals surface area (Å²) in [7, 11) is 0. The average Bonchev–Trinajstić information content (AvgIpc) is 1.88. The smallest absolute Gasteiger partial charge is 0.150 e. The van der Waals surface area contributed by atoms with Crippen molar-refractivity contribution in [1.82, 2.24) is 4.98 Å². The van der Waals surface area contributed by atoms with E-state index in [2.05, 4.69) is 11.1 Å². The van der Waals surface area contributed by atoms with Crippen molar-refractivity contribution in [2.75, 3.05) is 0 Å². The van der Waals surface area contributed by atoms with Crippen molar-refractivity contribution >= 4 is 17.9 Å². The number of halogens is 1. The Hall–Kier alpha value is -0.890. The van der Waals surface area contributed by atoms with E-state index in [-0.39, 0.29) is 5.15 Å². The highest BCUT2D eigenvalue weighted by molar-refractivity contribution is 6.29. The van der Waals surface area contributed by atoms with Crippen molar-refractivity contribution in [3.8, 4) is 0 Å². The van der Waals surface area contributed by atoms with E-state index in [0.29, 0.717) is 11.8 Å². The summed E-state index contributed by atoms with van der Waals surface area (Å²) < 4.78 is 0. The number of rotatable bonds is 1. The number of carbonyl (C=O) groups excluding carboxylic acids is 1. The molecular formula is C6H3ClNO. The van der Waals surface area contributed by atoms with Gasteiger partial charge >= 0.3 is 0 Å². The molecule has 0 atom stereocenters. The molecule has 0 fully saturated rings. The molecule has 3 heteroatoms. The van der Waals surface area contributed by atoms with Gasteiger partial charge in [0.05, 0.1) is 0 Å². The third kappa shape index (κ3) is 1.50. The third-order valence-corrected chi connectivity index (χ3v) is 1.01. The van der Waals surface area contributed by atoms with Gasteiger partial charge in [0.15, 0.2) is 6.29 Å². The Morgan fingerprint density at radius 1 is 1.78 bits per heavy atom. The molecule has 0 aliphatic heterocycles. The molecule has 1 aromatic rings. The molecule has 0 aliphatic carbocycles. The molecule has 1 heterocycles. The largest absolute Gasteiger partial charge is 0.298 e. The van der Waals surface area contributed by atoms with Crippen molar-refractivity contribution in [2.24, 2.45) is 0 Å². The van der Waals surface area contributed by atoms with Crippen molar-refractivity contribution < 1.29 is 4.79 Å². The summed E-state index contributed by atoms with van der Waals surface area (Å²) >= 11 is 5.40. The summed E-state index contributed by atoms with van der Waals surface area (Å²) in [6.45, 7) is 0. The molecule has 2 nitrogen and oxygen atoms in total. The standard InChI is InChI=1S/C6H3ClNO/c7-6-3-5(4-9)1-2-8-6/h1-2,4H. The van der Waals surface area contributed by atoms with E-state index in [1.54, 1.807) is 6.07 Å². The summed E-state index contributed by atoms with van der Waals surface area (Å²) in [5.41, 5.74) is 0.426. The van der Waals surface area contributed by atoms with Crippen LogP contribution in [0.1, 0.15) is 10.4 Å². The van der Waals surface area contributed by atoms with Crippen LogP contribution in [0.15, 0.2) is 12.3 Å². The molecule has 0 bridgehead atoms. The Balaban J connectivity index is 3.07. The van der Waals surface area contributed by atoms with Crippen LogP contribution in [0.5, 0.6) is 0 Å². The third-order valence-electron chi connectivity index (χ3n) is 0.816. The average molecular weight is 141 g/mol. The van der Waals surface area contributed by atoms with Crippen LogP contribution in [-0.2, 0) is 0 Å². The van der Waals surface area contributed by atoms with E-state index in [1.807, 2.05) is 0 Å². The van der Waals surface area contributed by atoms with Crippen LogP contribution in [0, 0.1) is 6.07 Å². The van der Waals surface area contributed by atoms with Crippen LogP contribution in [0.3, 0.4) is 0 Å². The molecule has 0 amide bonds. The van der Waals surface area contributed by atoms with E-state index in [0.717, 1.165) is 0 Å². The van der Waals surface area contributed by atoms with Gasteiger partial charge in [-0.25, -0.2) is 4.98 Å². The molecule has 0 unspecified atom stereocenters. The van der Waals surface area contributed by atoms with Gasteiger partial charge in [0.1, 0.15) is 5.15 Å². The normalized spacial score (nSPS) is 9.00. The minimum Gasteiger partial charge on any atom is -0.298 e. The molecule has 0 saturated carbocycles. The first-order valence-electron chi connectivity index (χ1n) is 2.32. The number of pyridine rings is 1. The summed E-state index contributed by atoms with van der Waals surface area (Å²) in [4.78, 5) is 13.7. The lowest BCUT2D eigenvalue weighted by Crippen LogP contribution is -1.80. The Bertz CT molecular complexity index is 224. The topological polar surface area (TPSA) is 30.0 Å². The lowest BCUT2D eigenvalue weighted by molar-refractivity contribution is 0.112. The fraction of sp³-hybridized carbons (Fsp3) is 0. The number of carbonyl (C=O) groups is 1. The van der Waals surface area contributed by atoms with Crippen molar-refractivity contribution in [3.63, 3.8) is 0 Å². The van der Waals surface area contributed by atoms with Crippen molar-refractivity contribution in [1.29, 1.82) is 0 Å². The van der Waals surface area contributed by atoms with E-state index in [9.17, 15) is 4.79 Å². The highest BCUT2D eigenvalue weighted by Gasteiger charge is 1.90. The second-order valence-corrected chi connectivity index (χ2v) is 1.79. The highest BCUT2D eigenvalue weighted by Crippen LogP contribution is 2.02. The summed E-state index contributed by atoms with van der Waals surface area (Å²) in [5.74, 6) is 0. The van der Waals surface area contributed by atoms with Crippen LogP contribution in [0.25, 0.3) is 0 Å². The first kappa shape index (κ1) is 6.23. The zero-order valence-corrected chi connectivity index (χ0v) is 5.22. The molecule has 0 N–H and O–H groups in total. The van der Waals surface area contributed by atoms with Crippen molar-refractivity contribution in [3.05, 3.63) is 29.0 Å². The number of aldehydes is 1. The van der Waals surface area contributed by atoms with Crippen LogP contribution < -0.4 is 0 Å². The summed E-state index contributed by atoms with van der Waals surface area (Å²) in [6, 6.07) is 4.08. The molecule has 0 saturated heterocycles. The van der Waals surface area contributed by atoms with E-state index in [4.69, 9.17) is 11.6 Å². The maximum atomic E-state index is 10.0. The number of hydrogen-bond donors (Lipinski definition) is 0. The number of nitrogens with zero attached hydrogens (tertiary/aromatic N) is 1. The van der Waals surface area contributed by atoms with Gasteiger partial charge in [-0.2, -0.15) is 0 Å². The van der Waals surface area contributed by atoms with Gasteiger partial charge in [0.2, 0.25) is 0 Å². The zero-order chi connectivity index (χ0) is 6.69.